The molecule has 1 heterocycles. The summed E-state index contributed by atoms with van der Waals surface area (Å²) in [6.07, 6.45) is 1.68. The molecule has 1 unspecified atom stereocenters. The van der Waals surface area contributed by atoms with Crippen LogP contribution in [0.5, 0.6) is 0 Å². The van der Waals surface area contributed by atoms with E-state index in [1.165, 1.54) is 0 Å². The average molecular weight is 261 g/mol. The first-order chi connectivity index (χ1) is 9.11. The fraction of sp³-hybridized carbons (Fsp3) is 0.308. The standard InChI is InChI=1S/C13H15N3O3/c1-3-19-13(18)8(2)15-12(17)9-4-5-10-7-14-16-11(10)6-9/h4-8H,3H2,1-2H3,(H,14,16)(H,15,17). The Morgan fingerprint density at radius 1 is 1.47 bits per heavy atom. The molecule has 6 nitrogen and oxygen atoms in total. The molecule has 6 heteroatoms. The Hall–Kier alpha value is -2.37. The van der Waals surface area contributed by atoms with Crippen LogP contribution in [0, 0.1) is 0 Å². The highest BCUT2D eigenvalue weighted by atomic mass is 16.5. The van der Waals surface area contributed by atoms with Gasteiger partial charge in [0.05, 0.1) is 18.3 Å². The van der Waals surface area contributed by atoms with E-state index in [1.54, 1.807) is 38.2 Å². The van der Waals surface area contributed by atoms with Gasteiger partial charge in [0.25, 0.3) is 5.91 Å². The molecule has 100 valence electrons. The first-order valence-electron chi connectivity index (χ1n) is 6.02. The molecule has 2 rings (SSSR count). The molecule has 0 aliphatic rings. The van der Waals surface area contributed by atoms with Gasteiger partial charge in [0.2, 0.25) is 0 Å². The Labute approximate surface area is 110 Å². The number of nitrogens with one attached hydrogen (secondary N) is 2. The molecule has 0 saturated heterocycles. The van der Waals surface area contributed by atoms with Crippen molar-refractivity contribution in [3.63, 3.8) is 0 Å². The fourth-order valence-corrected chi connectivity index (χ4v) is 1.68. The Balaban J connectivity index is 2.08. The summed E-state index contributed by atoms with van der Waals surface area (Å²) in [7, 11) is 0. The highest BCUT2D eigenvalue weighted by molar-refractivity contribution is 5.99. The van der Waals surface area contributed by atoms with Gasteiger partial charge in [0.1, 0.15) is 6.04 Å². The number of benzene rings is 1. The van der Waals surface area contributed by atoms with Crippen LogP contribution in [0.4, 0.5) is 0 Å². The highest BCUT2D eigenvalue weighted by Crippen LogP contribution is 2.12. The Bertz CT molecular complexity index is 606. The monoisotopic (exact) mass is 261 g/mol. The van der Waals surface area contributed by atoms with Crippen LogP contribution in [-0.2, 0) is 9.53 Å². The van der Waals surface area contributed by atoms with Gasteiger partial charge < -0.3 is 10.1 Å². The molecule has 19 heavy (non-hydrogen) atoms. The zero-order valence-electron chi connectivity index (χ0n) is 10.8. The van der Waals surface area contributed by atoms with Crippen molar-refractivity contribution in [2.24, 2.45) is 0 Å². The number of rotatable bonds is 4. The third kappa shape index (κ3) is 2.90. The largest absolute Gasteiger partial charge is 0.464 e. The van der Waals surface area contributed by atoms with E-state index in [4.69, 9.17) is 4.74 Å². The Morgan fingerprint density at radius 3 is 3.00 bits per heavy atom. The van der Waals surface area contributed by atoms with Crippen molar-refractivity contribution in [2.75, 3.05) is 6.61 Å². The SMILES string of the molecule is CCOC(=O)C(C)NC(=O)c1ccc2cn[nH]c2c1. The summed E-state index contributed by atoms with van der Waals surface area (Å²) in [6.45, 7) is 3.60. The maximum Gasteiger partial charge on any atom is 0.328 e. The van der Waals surface area contributed by atoms with Gasteiger partial charge in [-0.05, 0) is 26.0 Å². The zero-order chi connectivity index (χ0) is 13.8. The van der Waals surface area contributed by atoms with E-state index in [2.05, 4.69) is 15.5 Å². The summed E-state index contributed by atoms with van der Waals surface area (Å²) in [5.41, 5.74) is 1.24. The van der Waals surface area contributed by atoms with Crippen LogP contribution in [0.25, 0.3) is 10.9 Å². The normalized spacial score (nSPS) is 12.1. The van der Waals surface area contributed by atoms with E-state index >= 15 is 0 Å². The molecule has 0 spiro atoms. The molecule has 2 N–H and O–H groups in total. The number of aromatic amines is 1. The fourth-order valence-electron chi connectivity index (χ4n) is 1.68. The lowest BCUT2D eigenvalue weighted by Gasteiger charge is -2.12. The number of carbonyl (C=O) groups is 2. The number of nitrogens with zero attached hydrogens (tertiary/aromatic N) is 1. The van der Waals surface area contributed by atoms with Gasteiger partial charge >= 0.3 is 5.97 Å². The smallest absolute Gasteiger partial charge is 0.328 e. The molecule has 0 aliphatic carbocycles. The maximum atomic E-state index is 12.0. The minimum absolute atomic E-state index is 0.291. The van der Waals surface area contributed by atoms with Gasteiger partial charge in [-0.1, -0.05) is 6.07 Å². The molecule has 2 aromatic rings. The van der Waals surface area contributed by atoms with Crippen molar-refractivity contribution in [3.8, 4) is 0 Å². The van der Waals surface area contributed by atoms with Crippen molar-refractivity contribution in [1.82, 2.24) is 15.5 Å². The van der Waals surface area contributed by atoms with Gasteiger partial charge in [-0.25, -0.2) is 4.79 Å². The molecule has 1 aromatic carbocycles. The molecule has 0 aliphatic heterocycles. The molecule has 0 fully saturated rings. The predicted octanol–water partition coefficient (Wildman–Crippen LogP) is 1.24. The number of ether oxygens (including phenoxy) is 1. The summed E-state index contributed by atoms with van der Waals surface area (Å²) in [5.74, 6) is -0.768. The van der Waals surface area contributed by atoms with Crippen molar-refractivity contribution in [3.05, 3.63) is 30.0 Å². The lowest BCUT2D eigenvalue weighted by molar-refractivity contribution is -0.144. The molecular weight excluding hydrogens is 246 g/mol. The minimum atomic E-state index is -0.676. The van der Waals surface area contributed by atoms with Crippen molar-refractivity contribution >= 4 is 22.8 Å². The van der Waals surface area contributed by atoms with Gasteiger partial charge in [-0.15, -0.1) is 0 Å². The van der Waals surface area contributed by atoms with E-state index in [0.29, 0.717) is 12.2 Å². The van der Waals surface area contributed by atoms with Crippen LogP contribution in [0.2, 0.25) is 0 Å². The molecule has 0 bridgehead atoms. The molecule has 1 aromatic heterocycles. The van der Waals surface area contributed by atoms with Crippen LogP contribution in [0.3, 0.4) is 0 Å². The molecule has 0 radical (unpaired) electrons. The first-order valence-corrected chi connectivity index (χ1v) is 6.02. The second-order valence-corrected chi connectivity index (χ2v) is 4.12. The number of esters is 1. The van der Waals surface area contributed by atoms with E-state index in [1.807, 2.05) is 0 Å². The van der Waals surface area contributed by atoms with Crippen LogP contribution in [0.15, 0.2) is 24.4 Å². The number of carbonyl (C=O) groups excluding carboxylic acids is 2. The highest BCUT2D eigenvalue weighted by Gasteiger charge is 2.17. The molecule has 1 atom stereocenters. The molecule has 0 saturated carbocycles. The number of aromatic nitrogens is 2. The quantitative estimate of drug-likeness (QED) is 0.811. The predicted molar refractivity (Wildman–Crippen MR) is 69.7 cm³/mol. The third-order valence-corrected chi connectivity index (χ3v) is 2.69. The summed E-state index contributed by atoms with van der Waals surface area (Å²) in [4.78, 5) is 23.4. The van der Waals surface area contributed by atoms with Crippen molar-refractivity contribution < 1.29 is 14.3 Å². The van der Waals surface area contributed by atoms with Crippen molar-refractivity contribution in [2.45, 2.75) is 19.9 Å². The molecular formula is C13H15N3O3. The van der Waals surface area contributed by atoms with Gasteiger partial charge in [0.15, 0.2) is 0 Å². The number of hydrogen-bond donors (Lipinski definition) is 2. The summed E-state index contributed by atoms with van der Waals surface area (Å²) >= 11 is 0. The second kappa shape index (κ2) is 5.51. The summed E-state index contributed by atoms with van der Waals surface area (Å²) in [6, 6.07) is 4.49. The summed E-state index contributed by atoms with van der Waals surface area (Å²) < 4.78 is 4.83. The van der Waals surface area contributed by atoms with Gasteiger partial charge in [-0.3, -0.25) is 9.89 Å². The lowest BCUT2D eigenvalue weighted by atomic mass is 10.1. The number of fused-ring (bicyclic) bond motifs is 1. The topological polar surface area (TPSA) is 84.1 Å². The lowest BCUT2D eigenvalue weighted by Crippen LogP contribution is -2.39. The first kappa shape index (κ1) is 13.1. The van der Waals surface area contributed by atoms with Crippen LogP contribution in [0.1, 0.15) is 24.2 Å². The third-order valence-electron chi connectivity index (χ3n) is 2.69. The molecule has 1 amide bonds. The van der Waals surface area contributed by atoms with E-state index in [0.717, 1.165) is 10.9 Å². The number of amides is 1. The average Bonchev–Trinajstić information content (AvgIpc) is 2.85. The Morgan fingerprint density at radius 2 is 2.26 bits per heavy atom. The van der Waals surface area contributed by atoms with Crippen LogP contribution < -0.4 is 5.32 Å². The van der Waals surface area contributed by atoms with Gasteiger partial charge in [0, 0.05) is 10.9 Å². The minimum Gasteiger partial charge on any atom is -0.464 e. The van der Waals surface area contributed by atoms with Crippen LogP contribution >= 0.6 is 0 Å². The van der Waals surface area contributed by atoms with Gasteiger partial charge in [-0.2, -0.15) is 5.10 Å². The zero-order valence-corrected chi connectivity index (χ0v) is 10.8. The second-order valence-electron chi connectivity index (χ2n) is 4.12. The van der Waals surface area contributed by atoms with E-state index in [9.17, 15) is 9.59 Å². The van der Waals surface area contributed by atoms with Crippen molar-refractivity contribution in [1.29, 1.82) is 0 Å². The van der Waals surface area contributed by atoms with Crippen LogP contribution in [-0.4, -0.2) is 34.7 Å². The maximum absolute atomic E-state index is 12.0. The number of H-pyrrole nitrogens is 1. The van der Waals surface area contributed by atoms with E-state index in [-0.39, 0.29) is 5.91 Å². The summed E-state index contributed by atoms with van der Waals surface area (Å²) in [5, 5.41) is 10.2. The number of hydrogen-bond acceptors (Lipinski definition) is 4. The van der Waals surface area contributed by atoms with E-state index < -0.39 is 12.0 Å². The Kier molecular flexibility index (Phi) is 3.79.